The molecular formula is C19H24F3N5O3S. The first-order valence-electron chi connectivity index (χ1n) is 9.81. The van der Waals surface area contributed by atoms with Crippen molar-refractivity contribution in [1.82, 2.24) is 25.0 Å². The molecule has 31 heavy (non-hydrogen) atoms. The first kappa shape index (κ1) is 23.2. The molecule has 8 nitrogen and oxygen atoms in total. The number of alkyl halides is 3. The van der Waals surface area contributed by atoms with Gasteiger partial charge in [-0.1, -0.05) is 0 Å². The number of amides is 1. The van der Waals surface area contributed by atoms with E-state index in [4.69, 9.17) is 9.90 Å². The van der Waals surface area contributed by atoms with E-state index in [1.807, 2.05) is 18.4 Å². The van der Waals surface area contributed by atoms with Gasteiger partial charge < -0.3 is 15.0 Å². The summed E-state index contributed by atoms with van der Waals surface area (Å²) >= 11 is 1.76. The minimum absolute atomic E-state index is 0.106. The zero-order chi connectivity index (χ0) is 22.8. The van der Waals surface area contributed by atoms with Crippen LogP contribution in [0.4, 0.5) is 13.2 Å². The third kappa shape index (κ3) is 5.82. The molecule has 1 fully saturated rings. The van der Waals surface area contributed by atoms with E-state index >= 15 is 0 Å². The molecule has 2 aromatic rings. The highest BCUT2D eigenvalue weighted by Gasteiger charge is 2.39. The molecule has 2 aromatic heterocycles. The minimum atomic E-state index is -5.08. The summed E-state index contributed by atoms with van der Waals surface area (Å²) in [5.41, 5.74) is 1.40. The molecule has 2 unspecified atom stereocenters. The average Bonchev–Trinajstić information content (AvgIpc) is 3.38. The van der Waals surface area contributed by atoms with Gasteiger partial charge in [0.05, 0.1) is 0 Å². The summed E-state index contributed by atoms with van der Waals surface area (Å²) in [7, 11) is 0. The molecule has 4 rings (SSSR count). The van der Waals surface area contributed by atoms with Crippen LogP contribution in [0.15, 0.2) is 16.8 Å². The highest BCUT2D eigenvalue weighted by atomic mass is 32.1. The van der Waals surface area contributed by atoms with E-state index < -0.39 is 12.1 Å². The molecule has 12 heteroatoms. The second-order valence-electron chi connectivity index (χ2n) is 8.03. The second kappa shape index (κ2) is 9.35. The largest absolute Gasteiger partial charge is 0.490 e. The fourth-order valence-corrected chi connectivity index (χ4v) is 4.55. The highest BCUT2D eigenvalue weighted by molar-refractivity contribution is 7.07. The zero-order valence-corrected chi connectivity index (χ0v) is 17.9. The quantitative estimate of drug-likeness (QED) is 0.729. The number of nitrogens with one attached hydrogen (secondary N) is 1. The second-order valence-corrected chi connectivity index (χ2v) is 8.81. The number of halogens is 3. The summed E-state index contributed by atoms with van der Waals surface area (Å²) < 4.78 is 33.8. The Morgan fingerprint density at radius 3 is 2.52 bits per heavy atom. The molecule has 2 aliphatic rings. The maximum absolute atomic E-state index is 12.3. The van der Waals surface area contributed by atoms with Crippen LogP contribution in [0.5, 0.6) is 0 Å². The lowest BCUT2D eigenvalue weighted by Gasteiger charge is -2.25. The number of aliphatic carboxylic acids is 1. The molecule has 0 aromatic carbocycles. The van der Waals surface area contributed by atoms with Crippen molar-refractivity contribution in [2.24, 2.45) is 11.8 Å². The van der Waals surface area contributed by atoms with E-state index in [0.29, 0.717) is 17.7 Å². The molecule has 0 spiro atoms. The Morgan fingerprint density at radius 1 is 1.26 bits per heavy atom. The van der Waals surface area contributed by atoms with Crippen LogP contribution in [0, 0.1) is 11.8 Å². The maximum atomic E-state index is 12.3. The predicted octanol–water partition coefficient (Wildman–Crippen LogP) is 2.42. The van der Waals surface area contributed by atoms with Crippen molar-refractivity contribution in [3.05, 3.63) is 34.0 Å². The van der Waals surface area contributed by atoms with Gasteiger partial charge >= 0.3 is 12.1 Å². The SMILES string of the molecule is CC(C)NC(=O)c1nnc2n1CC1CN(Cc3ccsc3)CC1C2.O=C(O)C(F)(F)F. The monoisotopic (exact) mass is 459 g/mol. The lowest BCUT2D eigenvalue weighted by atomic mass is 9.89. The summed E-state index contributed by atoms with van der Waals surface area (Å²) in [4.78, 5) is 23.7. The number of fused-ring (bicyclic) bond motifs is 2. The van der Waals surface area contributed by atoms with Crippen molar-refractivity contribution in [3.8, 4) is 0 Å². The zero-order valence-electron chi connectivity index (χ0n) is 17.1. The van der Waals surface area contributed by atoms with Gasteiger partial charge in [-0.3, -0.25) is 9.69 Å². The van der Waals surface area contributed by atoms with E-state index in [0.717, 1.165) is 38.4 Å². The number of carbonyl (C=O) groups is 2. The molecule has 0 aliphatic carbocycles. The number of hydrogen-bond donors (Lipinski definition) is 2. The van der Waals surface area contributed by atoms with Crippen LogP contribution in [0.1, 0.15) is 35.9 Å². The van der Waals surface area contributed by atoms with Crippen LogP contribution < -0.4 is 5.32 Å². The molecule has 2 N–H and O–H groups in total. The van der Waals surface area contributed by atoms with Crippen molar-refractivity contribution in [2.75, 3.05) is 13.1 Å². The summed E-state index contributed by atoms with van der Waals surface area (Å²) in [6.07, 6.45) is -4.16. The molecule has 0 bridgehead atoms. The van der Waals surface area contributed by atoms with Crippen molar-refractivity contribution in [1.29, 1.82) is 0 Å². The first-order valence-corrected chi connectivity index (χ1v) is 10.7. The van der Waals surface area contributed by atoms with Crippen molar-refractivity contribution in [2.45, 2.75) is 45.6 Å². The first-order chi connectivity index (χ1) is 14.5. The maximum Gasteiger partial charge on any atom is 0.490 e. The van der Waals surface area contributed by atoms with Crippen molar-refractivity contribution < 1.29 is 27.9 Å². The lowest BCUT2D eigenvalue weighted by Crippen LogP contribution is -2.35. The van der Waals surface area contributed by atoms with E-state index in [1.54, 1.807) is 11.3 Å². The van der Waals surface area contributed by atoms with Crippen LogP contribution in [0.2, 0.25) is 0 Å². The van der Waals surface area contributed by atoms with E-state index in [-0.39, 0.29) is 11.9 Å². The number of nitrogens with zero attached hydrogens (tertiary/aromatic N) is 4. The number of carboxylic acids is 1. The number of thiophene rings is 1. The smallest absolute Gasteiger partial charge is 0.475 e. The van der Waals surface area contributed by atoms with Gasteiger partial charge in [0.1, 0.15) is 5.82 Å². The molecule has 4 heterocycles. The van der Waals surface area contributed by atoms with Gasteiger partial charge in [0.15, 0.2) is 0 Å². The normalized spacial score (nSPS) is 20.6. The fourth-order valence-electron chi connectivity index (χ4n) is 3.89. The molecule has 1 saturated heterocycles. The Hall–Kier alpha value is -2.47. The Morgan fingerprint density at radius 2 is 1.94 bits per heavy atom. The standard InChI is InChI=1S/C17H23N5OS.C2HF3O2/c1-11(2)18-17(23)16-20-19-15-5-13-7-21(6-12-3-4-24-10-12)8-14(13)9-22(15)16;3-2(4,5)1(6)7/h3-4,10-11,13-14H,5-9H2,1-2H3,(H,18,23);(H,6,7). The Kier molecular flexibility index (Phi) is 6.99. The Bertz CT molecular complexity index is 914. The summed E-state index contributed by atoms with van der Waals surface area (Å²) in [6, 6.07) is 2.31. The van der Waals surface area contributed by atoms with Crippen molar-refractivity contribution in [3.63, 3.8) is 0 Å². The number of carboxylic acid groups (broad SMARTS) is 1. The molecular weight excluding hydrogens is 435 g/mol. The van der Waals surface area contributed by atoms with Gasteiger partial charge in [-0.05, 0) is 48.1 Å². The molecule has 2 aliphatic heterocycles. The molecule has 0 radical (unpaired) electrons. The minimum Gasteiger partial charge on any atom is -0.475 e. The van der Waals surface area contributed by atoms with Crippen LogP contribution in [-0.2, 0) is 24.3 Å². The number of hydrogen-bond acceptors (Lipinski definition) is 6. The number of carbonyl (C=O) groups excluding carboxylic acids is 1. The highest BCUT2D eigenvalue weighted by Crippen LogP contribution is 2.33. The van der Waals surface area contributed by atoms with Gasteiger partial charge in [-0.15, -0.1) is 10.2 Å². The molecule has 1 amide bonds. The fraction of sp³-hybridized carbons (Fsp3) is 0.579. The van der Waals surface area contributed by atoms with Crippen LogP contribution >= 0.6 is 11.3 Å². The molecule has 2 atom stereocenters. The predicted molar refractivity (Wildman–Crippen MR) is 107 cm³/mol. The van der Waals surface area contributed by atoms with Gasteiger partial charge in [0, 0.05) is 38.6 Å². The van der Waals surface area contributed by atoms with E-state index in [2.05, 4.69) is 37.2 Å². The topological polar surface area (TPSA) is 100 Å². The number of aromatic nitrogens is 3. The summed E-state index contributed by atoms with van der Waals surface area (Å²) in [5, 5.41) is 22.8. The van der Waals surface area contributed by atoms with Gasteiger partial charge in [-0.2, -0.15) is 24.5 Å². The van der Waals surface area contributed by atoms with Crippen LogP contribution in [0.25, 0.3) is 0 Å². The summed E-state index contributed by atoms with van der Waals surface area (Å²) in [5.74, 6) is -0.238. The Balaban J connectivity index is 0.000000339. The summed E-state index contributed by atoms with van der Waals surface area (Å²) in [6.45, 7) is 8.00. The lowest BCUT2D eigenvalue weighted by molar-refractivity contribution is -0.192. The van der Waals surface area contributed by atoms with Crippen LogP contribution in [-0.4, -0.2) is 62.0 Å². The molecule has 170 valence electrons. The third-order valence-corrected chi connectivity index (χ3v) is 5.93. The van der Waals surface area contributed by atoms with Crippen molar-refractivity contribution >= 4 is 23.2 Å². The van der Waals surface area contributed by atoms with Gasteiger partial charge in [-0.25, -0.2) is 4.79 Å². The average molecular weight is 459 g/mol. The van der Waals surface area contributed by atoms with Gasteiger partial charge in [0.25, 0.3) is 5.91 Å². The van der Waals surface area contributed by atoms with E-state index in [9.17, 15) is 18.0 Å². The third-order valence-electron chi connectivity index (χ3n) is 5.19. The van der Waals surface area contributed by atoms with Gasteiger partial charge in [0.2, 0.25) is 5.82 Å². The van der Waals surface area contributed by atoms with E-state index in [1.165, 1.54) is 5.56 Å². The number of rotatable bonds is 4. The Labute approximate surface area is 181 Å². The molecule has 0 saturated carbocycles. The number of likely N-dealkylation sites (tertiary alicyclic amines) is 1. The van der Waals surface area contributed by atoms with Crippen LogP contribution in [0.3, 0.4) is 0 Å².